The molecule has 0 unspecified atom stereocenters. The Morgan fingerprint density at radius 3 is 2.24 bits per heavy atom. The molecule has 2 aliphatic rings. The van der Waals surface area contributed by atoms with E-state index in [2.05, 4.69) is 12.1 Å². The fourth-order valence-electron chi connectivity index (χ4n) is 6.69. The van der Waals surface area contributed by atoms with Crippen molar-refractivity contribution in [1.29, 1.82) is 0 Å². The van der Waals surface area contributed by atoms with E-state index < -0.39 is 24.2 Å². The Morgan fingerprint density at radius 2 is 1.55 bits per heavy atom. The molecule has 0 saturated carbocycles. The number of carbonyl (C=O) groups excluding carboxylic acids is 2. The number of oxime groups is 1. The second-order valence-electron chi connectivity index (χ2n) is 13.0. The van der Waals surface area contributed by atoms with Gasteiger partial charge in [0.15, 0.2) is 0 Å². The summed E-state index contributed by atoms with van der Waals surface area (Å²) >= 11 is 0. The third-order valence-corrected chi connectivity index (χ3v) is 9.49. The van der Waals surface area contributed by atoms with Crippen molar-refractivity contribution in [2.75, 3.05) is 20.8 Å². The summed E-state index contributed by atoms with van der Waals surface area (Å²) in [6.07, 6.45) is 5.82. The van der Waals surface area contributed by atoms with Gasteiger partial charge in [-0.05, 0) is 84.8 Å². The number of hydrogen-bond acceptors (Lipinski definition) is 8. The average molecular weight is 689 g/mol. The smallest absolute Gasteiger partial charge is 0.328 e. The van der Waals surface area contributed by atoms with Crippen LogP contribution in [0.15, 0.2) is 120 Å². The molecule has 51 heavy (non-hydrogen) atoms. The highest BCUT2D eigenvalue weighted by molar-refractivity contribution is 5.98. The van der Waals surface area contributed by atoms with Crippen LogP contribution >= 0.6 is 0 Å². The Balaban J connectivity index is 1.14. The largest absolute Gasteiger partial charge is 0.497 e. The van der Waals surface area contributed by atoms with Crippen molar-refractivity contribution in [3.05, 3.63) is 143 Å². The summed E-state index contributed by atoms with van der Waals surface area (Å²) < 4.78 is 23.1. The zero-order valence-electron chi connectivity index (χ0n) is 29.4. The van der Waals surface area contributed by atoms with Gasteiger partial charge in [-0.25, -0.2) is 4.79 Å². The molecule has 1 amide bonds. The van der Waals surface area contributed by atoms with Gasteiger partial charge in [0.05, 0.1) is 26.5 Å². The van der Waals surface area contributed by atoms with Crippen molar-refractivity contribution < 1.29 is 33.4 Å². The standard InChI is InChI=1S/C42H44N2O7/c1-28-10-15-32(16-11-28)40-29(2)12-23-36(42(46)48-4)44(40)41(45)33-17-13-30(14-18-33)26-43-49-27-39-38(50-35-21-19-34(47-3)20-22-35)25-24-37(51-39)31-8-6-5-7-9-31/h5-11,13-22,24-26,29,36-40H,12,23,27H2,1-4H3/b43-26+/t29-,36-,37-,38-,39+,40-/m0/s1. The number of ether oxygens (including phenoxy) is 4. The highest BCUT2D eigenvalue weighted by Crippen LogP contribution is 2.40. The Morgan fingerprint density at radius 1 is 0.843 bits per heavy atom. The molecule has 0 N–H and O–H groups in total. The molecule has 0 spiro atoms. The molecule has 0 radical (unpaired) electrons. The van der Waals surface area contributed by atoms with Crippen LogP contribution in [-0.4, -0.2) is 62.1 Å². The number of aryl methyl sites for hydroxylation is 1. The van der Waals surface area contributed by atoms with Crippen molar-refractivity contribution >= 4 is 18.1 Å². The molecule has 0 aliphatic carbocycles. The molecular formula is C42H44N2O7. The maximum atomic E-state index is 14.1. The Kier molecular flexibility index (Phi) is 11.5. The summed E-state index contributed by atoms with van der Waals surface area (Å²) in [7, 11) is 2.99. The number of esters is 1. The zero-order chi connectivity index (χ0) is 35.7. The van der Waals surface area contributed by atoms with Gasteiger partial charge < -0.3 is 28.7 Å². The van der Waals surface area contributed by atoms with Crippen molar-refractivity contribution in [2.45, 2.75) is 57.1 Å². The minimum atomic E-state index is -0.671. The van der Waals surface area contributed by atoms with Crippen LogP contribution in [0, 0.1) is 12.8 Å². The first kappa shape index (κ1) is 35.4. The minimum Gasteiger partial charge on any atom is -0.497 e. The number of nitrogens with zero attached hydrogens (tertiary/aromatic N) is 2. The minimum absolute atomic E-state index is 0.143. The summed E-state index contributed by atoms with van der Waals surface area (Å²) in [5.74, 6) is 0.955. The van der Waals surface area contributed by atoms with E-state index in [0.717, 1.165) is 34.4 Å². The molecule has 9 heteroatoms. The Hall–Kier alpha value is -5.41. The third kappa shape index (κ3) is 8.49. The van der Waals surface area contributed by atoms with Gasteiger partial charge in [-0.15, -0.1) is 0 Å². The second-order valence-corrected chi connectivity index (χ2v) is 13.0. The van der Waals surface area contributed by atoms with E-state index in [-0.39, 0.29) is 30.6 Å². The van der Waals surface area contributed by atoms with Crippen LogP contribution in [0.3, 0.4) is 0 Å². The predicted octanol–water partition coefficient (Wildman–Crippen LogP) is 7.65. The number of methoxy groups -OCH3 is 2. The molecular weight excluding hydrogens is 644 g/mol. The highest BCUT2D eigenvalue weighted by atomic mass is 16.6. The Labute approximate surface area is 299 Å². The maximum absolute atomic E-state index is 14.1. The SMILES string of the molecule is COC(=O)[C@@H]1CC[C@H](C)[C@@H](c2ccc(C)cc2)N1C(=O)c1ccc(/C=N/OC[C@H]2O[C@H](c3ccccc3)C=C[C@@H]2Oc2ccc(OC)cc2)cc1. The maximum Gasteiger partial charge on any atom is 0.328 e. The molecule has 9 nitrogen and oxygen atoms in total. The van der Waals surface area contributed by atoms with Crippen LogP contribution in [0.5, 0.6) is 11.5 Å². The Bertz CT molecular complexity index is 1810. The number of benzene rings is 4. The van der Waals surface area contributed by atoms with Crippen LogP contribution in [0.2, 0.25) is 0 Å². The summed E-state index contributed by atoms with van der Waals surface area (Å²) in [4.78, 5) is 34.5. The quantitative estimate of drug-likeness (QED) is 0.0691. The monoisotopic (exact) mass is 688 g/mol. The summed E-state index contributed by atoms with van der Waals surface area (Å²) in [6, 6.07) is 31.7. The van der Waals surface area contributed by atoms with E-state index >= 15 is 0 Å². The predicted molar refractivity (Wildman–Crippen MR) is 195 cm³/mol. The van der Waals surface area contributed by atoms with Crippen LogP contribution in [0.1, 0.15) is 64.5 Å². The zero-order valence-corrected chi connectivity index (χ0v) is 29.4. The lowest BCUT2D eigenvalue weighted by molar-refractivity contribution is -0.149. The van der Waals surface area contributed by atoms with Crippen LogP contribution in [0.4, 0.5) is 0 Å². The first-order valence-corrected chi connectivity index (χ1v) is 17.3. The normalized spacial score (nSPS) is 23.1. The third-order valence-electron chi connectivity index (χ3n) is 9.49. The van der Waals surface area contributed by atoms with Gasteiger partial charge in [0.1, 0.15) is 42.5 Å². The summed E-state index contributed by atoms with van der Waals surface area (Å²) in [5, 5.41) is 4.22. The molecule has 6 atom stereocenters. The molecule has 4 aromatic carbocycles. The van der Waals surface area contributed by atoms with Crippen LogP contribution in [0.25, 0.3) is 0 Å². The fourth-order valence-corrected chi connectivity index (χ4v) is 6.69. The number of likely N-dealkylation sites (tertiary alicyclic amines) is 1. The van der Waals surface area contributed by atoms with Crippen LogP contribution < -0.4 is 9.47 Å². The second kappa shape index (κ2) is 16.5. The molecule has 1 fully saturated rings. The van der Waals surface area contributed by atoms with Gasteiger partial charge in [-0.2, -0.15) is 0 Å². The number of carbonyl (C=O) groups is 2. The topological polar surface area (TPSA) is 95.9 Å². The van der Waals surface area contributed by atoms with Crippen molar-refractivity contribution in [3.63, 3.8) is 0 Å². The lowest BCUT2D eigenvalue weighted by Gasteiger charge is -2.44. The fraction of sp³-hybridized carbons (Fsp3) is 0.310. The van der Waals surface area contributed by atoms with Gasteiger partial charge in [0, 0.05) is 5.56 Å². The van der Waals surface area contributed by atoms with Crippen molar-refractivity contribution in [3.8, 4) is 11.5 Å². The van der Waals surface area contributed by atoms with E-state index in [1.54, 1.807) is 30.4 Å². The number of amides is 1. The molecule has 6 rings (SSSR count). The van der Waals surface area contributed by atoms with Gasteiger partial charge in [0.2, 0.25) is 0 Å². The average Bonchev–Trinajstić information content (AvgIpc) is 3.17. The molecule has 0 bridgehead atoms. The molecule has 264 valence electrons. The first-order chi connectivity index (χ1) is 24.8. The summed E-state index contributed by atoms with van der Waals surface area (Å²) in [6.45, 7) is 4.30. The number of piperidine rings is 1. The molecule has 2 aliphatic heterocycles. The van der Waals surface area contributed by atoms with Crippen molar-refractivity contribution in [2.24, 2.45) is 11.1 Å². The van der Waals surface area contributed by atoms with E-state index in [9.17, 15) is 9.59 Å². The highest BCUT2D eigenvalue weighted by Gasteiger charge is 2.43. The molecule has 2 heterocycles. The van der Waals surface area contributed by atoms with Gasteiger partial charge in [-0.1, -0.05) is 90.4 Å². The van der Waals surface area contributed by atoms with Crippen LogP contribution in [-0.2, 0) is 19.1 Å². The lowest BCUT2D eigenvalue weighted by atomic mass is 9.82. The van der Waals surface area contributed by atoms with Crippen molar-refractivity contribution in [1.82, 2.24) is 4.90 Å². The number of hydrogen-bond donors (Lipinski definition) is 0. The summed E-state index contributed by atoms with van der Waals surface area (Å²) in [5.41, 5.74) is 4.38. The van der Waals surface area contributed by atoms with Gasteiger partial charge in [-0.3, -0.25) is 4.79 Å². The number of rotatable bonds is 11. The first-order valence-electron chi connectivity index (χ1n) is 17.3. The van der Waals surface area contributed by atoms with Gasteiger partial charge >= 0.3 is 5.97 Å². The molecule has 4 aromatic rings. The lowest BCUT2D eigenvalue weighted by Crippen LogP contribution is -2.52. The van der Waals surface area contributed by atoms with E-state index in [0.29, 0.717) is 17.7 Å². The molecule has 0 aromatic heterocycles. The molecule has 1 saturated heterocycles. The van der Waals surface area contributed by atoms with E-state index in [4.69, 9.17) is 23.8 Å². The van der Waals surface area contributed by atoms with E-state index in [1.807, 2.05) is 110 Å². The van der Waals surface area contributed by atoms with E-state index in [1.165, 1.54) is 7.11 Å². The van der Waals surface area contributed by atoms with Gasteiger partial charge in [0.25, 0.3) is 5.91 Å².